The molecular weight excluding hydrogens is 298 g/mol. The van der Waals surface area contributed by atoms with Gasteiger partial charge < -0.3 is 5.32 Å². The Kier molecular flexibility index (Phi) is 6.67. The van der Waals surface area contributed by atoms with Gasteiger partial charge in [-0.15, -0.1) is 0 Å². The number of aromatic nitrogens is 2. The maximum Gasteiger partial charge on any atom is 0.170 e. The molecule has 21 heavy (non-hydrogen) atoms. The van der Waals surface area contributed by atoms with Crippen LogP contribution in [0.25, 0.3) is 0 Å². The quantitative estimate of drug-likeness (QED) is 0.732. The van der Waals surface area contributed by atoms with Crippen molar-refractivity contribution in [3.63, 3.8) is 0 Å². The molecule has 0 spiro atoms. The highest BCUT2D eigenvalue weighted by Gasteiger charge is 2.27. The molecule has 1 aromatic carbocycles. The molecule has 0 aliphatic heterocycles. The van der Waals surface area contributed by atoms with E-state index < -0.39 is 0 Å². The molecule has 0 radical (unpaired) electrons. The van der Waals surface area contributed by atoms with E-state index in [4.69, 9.17) is 0 Å². The molecule has 2 aromatic rings. The summed E-state index contributed by atoms with van der Waals surface area (Å²) in [6.45, 7) is 7.79. The highest BCUT2D eigenvalue weighted by atomic mass is 32.2. The molecule has 0 bridgehead atoms. The van der Waals surface area contributed by atoms with E-state index in [9.17, 15) is 0 Å². The van der Waals surface area contributed by atoms with Gasteiger partial charge in [-0.1, -0.05) is 62.9 Å². The van der Waals surface area contributed by atoms with Crippen molar-refractivity contribution in [3.8, 4) is 0 Å². The highest BCUT2D eigenvalue weighted by molar-refractivity contribution is 8.01. The van der Waals surface area contributed by atoms with Crippen molar-refractivity contribution in [2.45, 2.75) is 42.8 Å². The number of hydrogen-bond donors (Lipinski definition) is 1. The number of thioether (sulfide) groups is 1. The molecule has 0 aliphatic carbocycles. The van der Waals surface area contributed by atoms with Gasteiger partial charge in [0, 0.05) is 11.3 Å². The molecule has 2 atom stereocenters. The lowest BCUT2D eigenvalue weighted by Gasteiger charge is -2.30. The zero-order chi connectivity index (χ0) is 15.1. The lowest BCUT2D eigenvalue weighted by Crippen LogP contribution is -2.33. The second kappa shape index (κ2) is 8.51. The number of nitrogens with one attached hydrogen (secondary N) is 1. The Balaban J connectivity index is 2.22. The molecule has 2 unspecified atom stereocenters. The van der Waals surface area contributed by atoms with Crippen LogP contribution in [0.2, 0.25) is 0 Å². The van der Waals surface area contributed by atoms with Crippen LogP contribution in [0, 0.1) is 5.92 Å². The van der Waals surface area contributed by atoms with Gasteiger partial charge in [0.2, 0.25) is 0 Å². The zero-order valence-corrected chi connectivity index (χ0v) is 14.5. The second-order valence-electron chi connectivity index (χ2n) is 5.38. The smallest absolute Gasteiger partial charge is 0.170 e. The van der Waals surface area contributed by atoms with Crippen LogP contribution in [0.1, 0.15) is 38.8 Å². The predicted molar refractivity (Wildman–Crippen MR) is 91.9 cm³/mol. The summed E-state index contributed by atoms with van der Waals surface area (Å²) >= 11 is 3.32. The minimum absolute atomic E-state index is 0.333. The largest absolute Gasteiger partial charge is 0.309 e. The maximum absolute atomic E-state index is 4.34. The van der Waals surface area contributed by atoms with Crippen LogP contribution in [-0.2, 0) is 0 Å². The van der Waals surface area contributed by atoms with Crippen LogP contribution in [-0.4, -0.2) is 21.2 Å². The van der Waals surface area contributed by atoms with E-state index in [2.05, 4.69) is 65.8 Å². The first-order valence-electron chi connectivity index (χ1n) is 7.44. The summed E-state index contributed by atoms with van der Waals surface area (Å²) in [5.74, 6) is 0.550. The Morgan fingerprint density at radius 1 is 1.24 bits per heavy atom. The summed E-state index contributed by atoms with van der Waals surface area (Å²) in [6.07, 6.45) is 2.78. The fourth-order valence-electron chi connectivity index (χ4n) is 2.30. The van der Waals surface area contributed by atoms with Gasteiger partial charge in [-0.3, -0.25) is 0 Å². The van der Waals surface area contributed by atoms with Crippen LogP contribution < -0.4 is 5.32 Å². The normalized spacial score (nSPS) is 14.3. The topological polar surface area (TPSA) is 37.8 Å². The summed E-state index contributed by atoms with van der Waals surface area (Å²) in [4.78, 5) is 4.34. The average Bonchev–Trinajstić information content (AvgIpc) is 3.00. The van der Waals surface area contributed by atoms with Crippen molar-refractivity contribution in [1.82, 2.24) is 14.7 Å². The van der Waals surface area contributed by atoms with Crippen molar-refractivity contribution < 1.29 is 0 Å². The van der Waals surface area contributed by atoms with E-state index in [0.717, 1.165) is 17.3 Å². The monoisotopic (exact) mass is 321 g/mol. The zero-order valence-electron chi connectivity index (χ0n) is 12.8. The number of nitrogens with zero attached hydrogens (tertiary/aromatic N) is 2. The maximum atomic E-state index is 4.34. The molecular formula is C16H23N3S2. The fourth-order valence-corrected chi connectivity index (χ4v) is 4.22. The number of benzene rings is 1. The van der Waals surface area contributed by atoms with Crippen LogP contribution in [0.4, 0.5) is 0 Å². The number of hydrogen-bond acceptors (Lipinski definition) is 5. The van der Waals surface area contributed by atoms with E-state index in [1.807, 2.05) is 11.8 Å². The van der Waals surface area contributed by atoms with Crippen LogP contribution >= 0.6 is 23.3 Å². The first-order valence-corrected chi connectivity index (χ1v) is 9.09. The molecule has 0 saturated carbocycles. The van der Waals surface area contributed by atoms with E-state index in [-0.39, 0.29) is 0 Å². The van der Waals surface area contributed by atoms with Crippen molar-refractivity contribution in [3.05, 3.63) is 42.2 Å². The Bertz CT molecular complexity index is 500. The van der Waals surface area contributed by atoms with Gasteiger partial charge in [-0.05, 0) is 36.0 Å². The SMILES string of the molecule is CCCNC(c1ccccc1)C(Sc1ncns1)C(C)C. The van der Waals surface area contributed by atoms with E-state index in [0.29, 0.717) is 17.2 Å². The van der Waals surface area contributed by atoms with E-state index >= 15 is 0 Å². The molecule has 3 nitrogen and oxygen atoms in total. The van der Waals surface area contributed by atoms with Gasteiger partial charge in [0.15, 0.2) is 4.34 Å². The Labute approximate surface area is 135 Å². The van der Waals surface area contributed by atoms with Crippen molar-refractivity contribution >= 4 is 23.3 Å². The third-order valence-corrected chi connectivity index (χ3v) is 5.71. The number of rotatable bonds is 8. The van der Waals surface area contributed by atoms with E-state index in [1.165, 1.54) is 17.1 Å². The molecule has 0 aliphatic rings. The molecule has 0 amide bonds. The van der Waals surface area contributed by atoms with E-state index in [1.54, 1.807) is 6.33 Å². The first-order chi connectivity index (χ1) is 10.2. The predicted octanol–water partition coefficient (Wildman–Crippen LogP) is 4.40. The molecule has 5 heteroatoms. The lowest BCUT2D eigenvalue weighted by molar-refractivity contribution is 0.444. The third-order valence-electron chi connectivity index (χ3n) is 3.34. The van der Waals surface area contributed by atoms with Gasteiger partial charge in [0.25, 0.3) is 0 Å². The van der Waals surface area contributed by atoms with Gasteiger partial charge in [-0.25, -0.2) is 4.98 Å². The molecule has 1 heterocycles. The van der Waals surface area contributed by atoms with Gasteiger partial charge >= 0.3 is 0 Å². The van der Waals surface area contributed by atoms with Crippen molar-refractivity contribution in [1.29, 1.82) is 0 Å². The summed E-state index contributed by atoms with van der Waals surface area (Å²) in [6, 6.07) is 11.1. The Hall–Kier alpha value is -0.910. The Morgan fingerprint density at radius 3 is 2.57 bits per heavy atom. The van der Waals surface area contributed by atoms with Gasteiger partial charge in [0.1, 0.15) is 6.33 Å². The van der Waals surface area contributed by atoms with Crippen LogP contribution in [0.5, 0.6) is 0 Å². The second-order valence-corrected chi connectivity index (χ2v) is 7.58. The standard InChI is InChI=1S/C16H23N3S2/c1-4-10-17-14(13-8-6-5-7-9-13)15(12(2)3)20-16-18-11-19-21-16/h5-9,11-12,14-15,17H,4,10H2,1-3H3. The van der Waals surface area contributed by atoms with Gasteiger partial charge in [-0.2, -0.15) is 4.37 Å². The molecule has 1 aromatic heterocycles. The summed E-state index contributed by atoms with van der Waals surface area (Å²) in [7, 11) is 0. The highest BCUT2D eigenvalue weighted by Crippen LogP contribution is 2.37. The third kappa shape index (κ3) is 4.80. The molecule has 114 valence electrons. The average molecular weight is 322 g/mol. The summed E-state index contributed by atoms with van der Waals surface area (Å²) in [5, 5.41) is 4.15. The summed E-state index contributed by atoms with van der Waals surface area (Å²) < 4.78 is 5.17. The molecule has 1 N–H and O–H groups in total. The van der Waals surface area contributed by atoms with Crippen molar-refractivity contribution in [2.24, 2.45) is 5.92 Å². The fraction of sp³-hybridized carbons (Fsp3) is 0.500. The summed E-state index contributed by atoms with van der Waals surface area (Å²) in [5.41, 5.74) is 1.35. The van der Waals surface area contributed by atoms with Gasteiger partial charge in [0.05, 0.1) is 0 Å². The lowest BCUT2D eigenvalue weighted by atomic mass is 9.96. The minimum Gasteiger partial charge on any atom is -0.309 e. The molecule has 2 rings (SSSR count). The first kappa shape index (κ1) is 16.5. The van der Waals surface area contributed by atoms with Crippen LogP contribution in [0.15, 0.2) is 41.0 Å². The van der Waals surface area contributed by atoms with Crippen LogP contribution in [0.3, 0.4) is 0 Å². The minimum atomic E-state index is 0.333. The Morgan fingerprint density at radius 2 is 2.00 bits per heavy atom. The molecule has 0 saturated heterocycles. The molecule has 0 fully saturated rings. The van der Waals surface area contributed by atoms with Crippen molar-refractivity contribution in [2.75, 3.05) is 6.54 Å².